The average molecular weight is 367 g/mol. The molecule has 0 radical (unpaired) electrons. The van der Waals surface area contributed by atoms with Crippen molar-refractivity contribution < 1.29 is 19.4 Å². The molecule has 0 saturated carbocycles. The number of rotatable bonds is 7. The zero-order chi connectivity index (χ0) is 19.2. The number of unbranched alkanes of at least 4 members (excludes halogenated alkanes) is 1. The highest BCUT2D eigenvalue weighted by atomic mass is 16.5. The van der Waals surface area contributed by atoms with Gasteiger partial charge in [-0.05, 0) is 30.0 Å². The van der Waals surface area contributed by atoms with Gasteiger partial charge in [0.25, 0.3) is 0 Å². The summed E-state index contributed by atoms with van der Waals surface area (Å²) in [6.07, 6.45) is 3.40. The first-order chi connectivity index (χ1) is 13.1. The van der Waals surface area contributed by atoms with E-state index in [0.717, 1.165) is 36.1 Å². The SMILES string of the molecule is CCCCc1cc2c(cc1OCc1ccccc1)N=CC(C(=O)OC)C2O. The number of fused-ring (bicyclic) bond motifs is 1. The summed E-state index contributed by atoms with van der Waals surface area (Å²) in [5.41, 5.74) is 3.38. The molecule has 5 heteroatoms. The first-order valence-electron chi connectivity index (χ1n) is 9.27. The van der Waals surface area contributed by atoms with Gasteiger partial charge in [-0.15, -0.1) is 0 Å². The normalized spacial score (nSPS) is 18.0. The number of hydrogen-bond acceptors (Lipinski definition) is 5. The van der Waals surface area contributed by atoms with E-state index in [0.29, 0.717) is 17.9 Å². The molecule has 1 aliphatic heterocycles. The van der Waals surface area contributed by atoms with Crippen molar-refractivity contribution in [2.24, 2.45) is 10.9 Å². The van der Waals surface area contributed by atoms with Crippen LogP contribution in [0.25, 0.3) is 0 Å². The molecule has 0 amide bonds. The Hall–Kier alpha value is -2.66. The molecule has 1 N–H and O–H groups in total. The first-order valence-corrected chi connectivity index (χ1v) is 9.27. The van der Waals surface area contributed by atoms with Crippen LogP contribution in [-0.4, -0.2) is 24.4 Å². The topological polar surface area (TPSA) is 68.1 Å². The van der Waals surface area contributed by atoms with Crippen LogP contribution in [0, 0.1) is 5.92 Å². The number of esters is 1. The van der Waals surface area contributed by atoms with Crippen LogP contribution in [0.2, 0.25) is 0 Å². The average Bonchev–Trinajstić information content (AvgIpc) is 2.71. The summed E-state index contributed by atoms with van der Waals surface area (Å²) in [7, 11) is 1.31. The molecule has 5 nitrogen and oxygen atoms in total. The summed E-state index contributed by atoms with van der Waals surface area (Å²) in [5.74, 6) is -0.499. The smallest absolute Gasteiger partial charge is 0.317 e. The molecule has 2 aromatic carbocycles. The van der Waals surface area contributed by atoms with Crippen molar-refractivity contribution in [2.45, 2.75) is 38.9 Å². The van der Waals surface area contributed by atoms with Crippen molar-refractivity contribution in [1.29, 1.82) is 0 Å². The molecule has 0 aliphatic carbocycles. The molecular formula is C22H25NO4. The summed E-state index contributed by atoms with van der Waals surface area (Å²) < 4.78 is 10.8. The van der Waals surface area contributed by atoms with Crippen LogP contribution >= 0.6 is 0 Å². The fraction of sp³-hybridized carbons (Fsp3) is 0.364. The Morgan fingerprint density at radius 1 is 1.22 bits per heavy atom. The van der Waals surface area contributed by atoms with Crippen molar-refractivity contribution in [2.75, 3.05) is 7.11 Å². The highest BCUT2D eigenvalue weighted by Crippen LogP contribution is 2.39. The van der Waals surface area contributed by atoms with Crippen LogP contribution in [0.1, 0.15) is 42.6 Å². The van der Waals surface area contributed by atoms with Gasteiger partial charge in [0.05, 0.1) is 18.9 Å². The molecule has 2 aromatic rings. The largest absolute Gasteiger partial charge is 0.489 e. The van der Waals surface area contributed by atoms with Crippen molar-refractivity contribution in [3.8, 4) is 5.75 Å². The minimum absolute atomic E-state index is 0.468. The lowest BCUT2D eigenvalue weighted by Crippen LogP contribution is -2.27. The van der Waals surface area contributed by atoms with Crippen LogP contribution in [0.5, 0.6) is 5.75 Å². The Morgan fingerprint density at radius 3 is 2.70 bits per heavy atom. The van der Waals surface area contributed by atoms with Gasteiger partial charge >= 0.3 is 5.97 Å². The second-order valence-corrected chi connectivity index (χ2v) is 6.67. The summed E-state index contributed by atoms with van der Waals surface area (Å²) in [6.45, 7) is 2.60. The predicted molar refractivity (Wildman–Crippen MR) is 104 cm³/mol. The van der Waals surface area contributed by atoms with Crippen molar-refractivity contribution in [3.63, 3.8) is 0 Å². The fourth-order valence-corrected chi connectivity index (χ4v) is 3.18. The van der Waals surface area contributed by atoms with Gasteiger partial charge in [0.2, 0.25) is 0 Å². The van der Waals surface area contributed by atoms with Gasteiger partial charge in [-0.2, -0.15) is 0 Å². The first kappa shape index (κ1) is 19.1. The monoisotopic (exact) mass is 367 g/mol. The number of nitrogens with zero attached hydrogens (tertiary/aromatic N) is 1. The predicted octanol–water partition coefficient (Wildman–Crippen LogP) is 4.15. The fourth-order valence-electron chi connectivity index (χ4n) is 3.18. The zero-order valence-corrected chi connectivity index (χ0v) is 15.7. The lowest BCUT2D eigenvalue weighted by Gasteiger charge is -2.25. The molecule has 142 valence electrons. The maximum Gasteiger partial charge on any atom is 0.317 e. The lowest BCUT2D eigenvalue weighted by atomic mass is 9.90. The summed E-state index contributed by atoms with van der Waals surface area (Å²) in [6, 6.07) is 13.8. The number of carbonyl (C=O) groups excluding carboxylic acids is 1. The molecule has 0 spiro atoms. The van der Waals surface area contributed by atoms with E-state index in [2.05, 4.69) is 11.9 Å². The third-order valence-corrected chi connectivity index (χ3v) is 4.75. The molecule has 2 unspecified atom stereocenters. The summed E-state index contributed by atoms with van der Waals surface area (Å²) in [5, 5.41) is 10.6. The molecule has 0 bridgehead atoms. The summed E-state index contributed by atoms with van der Waals surface area (Å²) >= 11 is 0. The van der Waals surface area contributed by atoms with Crippen LogP contribution in [0.15, 0.2) is 47.5 Å². The van der Waals surface area contributed by atoms with Crippen LogP contribution in [-0.2, 0) is 22.6 Å². The second-order valence-electron chi connectivity index (χ2n) is 6.67. The standard InChI is InChI=1S/C22H25NO4/c1-3-4-10-16-11-17-19(23-13-18(21(17)24)22(25)26-2)12-20(16)27-14-15-8-6-5-7-9-15/h5-9,11-13,18,21,24H,3-4,10,14H2,1-2H3. The van der Waals surface area contributed by atoms with E-state index in [-0.39, 0.29) is 0 Å². The van der Waals surface area contributed by atoms with Gasteiger partial charge in [-0.25, -0.2) is 0 Å². The molecule has 1 aliphatic rings. The highest BCUT2D eigenvalue weighted by Gasteiger charge is 2.32. The molecular weight excluding hydrogens is 342 g/mol. The van der Waals surface area contributed by atoms with E-state index in [1.54, 1.807) is 0 Å². The minimum Gasteiger partial charge on any atom is -0.489 e. The van der Waals surface area contributed by atoms with Gasteiger partial charge in [-0.3, -0.25) is 9.79 Å². The number of benzene rings is 2. The van der Waals surface area contributed by atoms with E-state index in [4.69, 9.17) is 9.47 Å². The second kappa shape index (κ2) is 8.82. The van der Waals surface area contributed by atoms with E-state index >= 15 is 0 Å². The molecule has 3 rings (SSSR count). The number of carbonyl (C=O) groups is 1. The highest BCUT2D eigenvalue weighted by molar-refractivity contribution is 5.93. The van der Waals surface area contributed by atoms with Gasteiger partial charge in [-0.1, -0.05) is 43.7 Å². The molecule has 1 heterocycles. The van der Waals surface area contributed by atoms with Gasteiger partial charge in [0.15, 0.2) is 0 Å². The van der Waals surface area contributed by atoms with E-state index in [9.17, 15) is 9.90 Å². The van der Waals surface area contributed by atoms with Gasteiger partial charge in [0.1, 0.15) is 18.3 Å². The maximum atomic E-state index is 11.9. The van der Waals surface area contributed by atoms with E-state index in [1.807, 2.05) is 42.5 Å². The summed E-state index contributed by atoms with van der Waals surface area (Å²) in [4.78, 5) is 16.2. The molecule has 2 atom stereocenters. The Morgan fingerprint density at radius 2 is 2.00 bits per heavy atom. The third kappa shape index (κ3) is 4.37. The lowest BCUT2D eigenvalue weighted by molar-refractivity contribution is -0.146. The number of methoxy groups -OCH3 is 1. The number of ether oxygens (including phenoxy) is 2. The Kier molecular flexibility index (Phi) is 6.24. The Balaban J connectivity index is 1.89. The van der Waals surface area contributed by atoms with Gasteiger partial charge < -0.3 is 14.6 Å². The van der Waals surface area contributed by atoms with Crippen LogP contribution < -0.4 is 4.74 Å². The number of hydrogen-bond donors (Lipinski definition) is 1. The Bertz CT molecular complexity index is 817. The quantitative estimate of drug-likeness (QED) is 0.747. The van der Waals surface area contributed by atoms with Gasteiger partial charge in [0, 0.05) is 17.8 Å². The van der Waals surface area contributed by atoms with E-state index < -0.39 is 18.0 Å². The number of aliphatic hydroxyl groups excluding tert-OH is 1. The van der Waals surface area contributed by atoms with Crippen LogP contribution in [0.3, 0.4) is 0 Å². The molecule has 0 saturated heterocycles. The number of aliphatic imine (C=N–C) groups is 1. The maximum absolute atomic E-state index is 11.9. The van der Waals surface area contributed by atoms with Crippen molar-refractivity contribution >= 4 is 17.9 Å². The minimum atomic E-state index is -0.964. The number of aryl methyl sites for hydroxylation is 1. The molecule has 27 heavy (non-hydrogen) atoms. The van der Waals surface area contributed by atoms with Crippen molar-refractivity contribution in [1.82, 2.24) is 0 Å². The Labute approximate surface area is 159 Å². The molecule has 0 fully saturated rings. The number of aliphatic hydroxyl groups is 1. The molecule has 0 aromatic heterocycles. The van der Waals surface area contributed by atoms with Crippen LogP contribution in [0.4, 0.5) is 5.69 Å². The van der Waals surface area contributed by atoms with E-state index in [1.165, 1.54) is 13.3 Å². The third-order valence-electron chi connectivity index (χ3n) is 4.75. The van der Waals surface area contributed by atoms with Crippen molar-refractivity contribution in [3.05, 3.63) is 59.2 Å². The zero-order valence-electron chi connectivity index (χ0n) is 15.7.